The standard InChI is InChI=1S/C16H31O3P/c1-2-20(17,18-13-15-9-5-3-6-10-15)19-14-16-11-7-4-8-12-16/h15-16H,2-14H2,1H3. The van der Waals surface area contributed by atoms with Gasteiger partial charge in [-0.3, -0.25) is 4.57 Å². The third kappa shape index (κ3) is 5.50. The Morgan fingerprint density at radius 1 is 0.800 bits per heavy atom. The van der Waals surface area contributed by atoms with Gasteiger partial charge in [-0.1, -0.05) is 45.4 Å². The van der Waals surface area contributed by atoms with Crippen LogP contribution in [0.3, 0.4) is 0 Å². The van der Waals surface area contributed by atoms with Crippen LogP contribution in [-0.4, -0.2) is 19.4 Å². The molecule has 0 aromatic rings. The largest absolute Gasteiger partial charge is 0.330 e. The van der Waals surface area contributed by atoms with Gasteiger partial charge in [0.15, 0.2) is 0 Å². The van der Waals surface area contributed by atoms with E-state index in [0.29, 0.717) is 31.2 Å². The van der Waals surface area contributed by atoms with E-state index in [1.54, 1.807) is 0 Å². The van der Waals surface area contributed by atoms with Crippen molar-refractivity contribution in [3.05, 3.63) is 0 Å². The molecule has 2 aliphatic carbocycles. The predicted molar refractivity (Wildman–Crippen MR) is 83.2 cm³/mol. The minimum atomic E-state index is -2.83. The lowest BCUT2D eigenvalue weighted by Crippen LogP contribution is -2.16. The fourth-order valence-corrected chi connectivity index (χ4v) is 4.68. The van der Waals surface area contributed by atoms with Crippen LogP contribution >= 0.6 is 7.60 Å². The lowest BCUT2D eigenvalue weighted by atomic mass is 9.90. The van der Waals surface area contributed by atoms with E-state index in [1.807, 2.05) is 6.92 Å². The fourth-order valence-electron chi connectivity index (χ4n) is 3.37. The minimum Gasteiger partial charge on any atom is -0.308 e. The van der Waals surface area contributed by atoms with Crippen LogP contribution in [0.5, 0.6) is 0 Å². The molecule has 0 bridgehead atoms. The van der Waals surface area contributed by atoms with Gasteiger partial charge in [0.1, 0.15) is 0 Å². The zero-order valence-electron chi connectivity index (χ0n) is 13.0. The van der Waals surface area contributed by atoms with Gasteiger partial charge in [-0.25, -0.2) is 0 Å². The summed E-state index contributed by atoms with van der Waals surface area (Å²) in [6.45, 7) is 3.19. The SMILES string of the molecule is CCP(=O)(OCC1CCCCC1)OCC1CCCCC1. The van der Waals surface area contributed by atoms with Crippen LogP contribution < -0.4 is 0 Å². The van der Waals surface area contributed by atoms with E-state index in [4.69, 9.17) is 9.05 Å². The Balaban J connectivity index is 1.71. The van der Waals surface area contributed by atoms with E-state index in [-0.39, 0.29) is 0 Å². The maximum atomic E-state index is 12.6. The molecule has 2 aliphatic rings. The lowest BCUT2D eigenvalue weighted by Gasteiger charge is -2.26. The van der Waals surface area contributed by atoms with Gasteiger partial charge in [-0.05, 0) is 37.5 Å². The van der Waals surface area contributed by atoms with Crippen LogP contribution in [0, 0.1) is 11.8 Å². The highest BCUT2D eigenvalue weighted by molar-refractivity contribution is 7.53. The Bertz CT molecular complexity index is 281. The summed E-state index contributed by atoms with van der Waals surface area (Å²) in [5.74, 6) is 1.20. The molecule has 0 radical (unpaired) electrons. The zero-order chi connectivity index (χ0) is 14.3. The Kier molecular flexibility index (Phi) is 7.07. The predicted octanol–water partition coefficient (Wildman–Crippen LogP) is 5.39. The van der Waals surface area contributed by atoms with Gasteiger partial charge in [0, 0.05) is 6.16 Å². The topological polar surface area (TPSA) is 35.5 Å². The smallest absolute Gasteiger partial charge is 0.308 e. The van der Waals surface area contributed by atoms with Crippen LogP contribution in [0.4, 0.5) is 0 Å². The van der Waals surface area contributed by atoms with E-state index in [0.717, 1.165) is 0 Å². The third-order valence-corrected chi connectivity index (χ3v) is 6.71. The van der Waals surface area contributed by atoms with Gasteiger partial charge in [0.25, 0.3) is 0 Å². The Morgan fingerprint density at radius 2 is 1.20 bits per heavy atom. The molecule has 0 aliphatic heterocycles. The second-order valence-electron chi connectivity index (χ2n) is 6.53. The molecule has 2 saturated carbocycles. The monoisotopic (exact) mass is 302 g/mol. The molecule has 2 rings (SSSR count). The van der Waals surface area contributed by atoms with Gasteiger partial charge in [-0.15, -0.1) is 0 Å². The van der Waals surface area contributed by atoms with Gasteiger partial charge in [0.05, 0.1) is 13.2 Å². The number of rotatable bonds is 7. The number of hydrogen-bond donors (Lipinski definition) is 0. The average Bonchev–Trinajstić information content (AvgIpc) is 2.53. The van der Waals surface area contributed by atoms with Crippen molar-refractivity contribution in [3.8, 4) is 0 Å². The second-order valence-corrected chi connectivity index (χ2v) is 8.90. The van der Waals surface area contributed by atoms with Gasteiger partial charge < -0.3 is 9.05 Å². The highest BCUT2D eigenvalue weighted by atomic mass is 31.2. The van der Waals surface area contributed by atoms with E-state index in [1.165, 1.54) is 64.2 Å². The van der Waals surface area contributed by atoms with Crippen molar-refractivity contribution in [1.29, 1.82) is 0 Å². The molecule has 0 N–H and O–H groups in total. The summed E-state index contributed by atoms with van der Waals surface area (Å²) in [4.78, 5) is 0. The quantitative estimate of drug-likeness (QED) is 0.591. The average molecular weight is 302 g/mol. The van der Waals surface area contributed by atoms with Crippen molar-refractivity contribution in [2.45, 2.75) is 71.1 Å². The molecule has 2 fully saturated rings. The molecule has 0 spiro atoms. The van der Waals surface area contributed by atoms with E-state index in [9.17, 15) is 4.57 Å². The molecule has 118 valence electrons. The Morgan fingerprint density at radius 3 is 1.55 bits per heavy atom. The molecule has 0 amide bonds. The van der Waals surface area contributed by atoms with Crippen LogP contribution in [0.1, 0.15) is 71.1 Å². The fraction of sp³-hybridized carbons (Fsp3) is 1.00. The second kappa shape index (κ2) is 8.56. The van der Waals surface area contributed by atoms with Crippen molar-refractivity contribution in [3.63, 3.8) is 0 Å². The summed E-state index contributed by atoms with van der Waals surface area (Å²) in [6.07, 6.45) is 13.3. The normalized spacial score (nSPS) is 23.1. The van der Waals surface area contributed by atoms with E-state index < -0.39 is 7.60 Å². The Hall–Kier alpha value is 0.150. The minimum absolute atomic E-state index is 0.506. The summed E-state index contributed by atoms with van der Waals surface area (Å²) in [5, 5.41) is 0. The molecule has 20 heavy (non-hydrogen) atoms. The molecule has 0 aromatic heterocycles. The summed E-state index contributed by atoms with van der Waals surface area (Å²) in [6, 6.07) is 0. The molecule has 4 heteroatoms. The highest BCUT2D eigenvalue weighted by Crippen LogP contribution is 2.49. The van der Waals surface area contributed by atoms with Crippen molar-refractivity contribution < 1.29 is 13.6 Å². The molecule has 0 aromatic carbocycles. The molecule has 0 saturated heterocycles. The summed E-state index contributed by atoms with van der Waals surface area (Å²) < 4.78 is 24.1. The first-order chi connectivity index (χ1) is 9.72. The van der Waals surface area contributed by atoms with Crippen LogP contribution in [0.15, 0.2) is 0 Å². The third-order valence-electron chi connectivity index (χ3n) is 4.85. The van der Waals surface area contributed by atoms with Crippen molar-refractivity contribution in [2.75, 3.05) is 19.4 Å². The first-order valence-electron chi connectivity index (χ1n) is 8.60. The molecular weight excluding hydrogens is 271 g/mol. The zero-order valence-corrected chi connectivity index (χ0v) is 13.9. The van der Waals surface area contributed by atoms with E-state index >= 15 is 0 Å². The summed E-state index contributed by atoms with van der Waals surface area (Å²) in [5.41, 5.74) is 0. The molecule has 0 unspecified atom stereocenters. The first kappa shape index (κ1) is 16.5. The lowest BCUT2D eigenvalue weighted by molar-refractivity contribution is 0.138. The molecule has 0 heterocycles. The van der Waals surface area contributed by atoms with Gasteiger partial charge >= 0.3 is 7.60 Å². The Labute approximate surface area is 124 Å². The van der Waals surface area contributed by atoms with Crippen LogP contribution in [-0.2, 0) is 13.6 Å². The summed E-state index contributed by atoms with van der Waals surface area (Å²) >= 11 is 0. The van der Waals surface area contributed by atoms with Crippen molar-refractivity contribution in [2.24, 2.45) is 11.8 Å². The maximum Gasteiger partial charge on any atom is 0.330 e. The van der Waals surface area contributed by atoms with E-state index in [2.05, 4.69) is 0 Å². The first-order valence-corrected chi connectivity index (χ1v) is 10.3. The number of hydrogen-bond acceptors (Lipinski definition) is 3. The molecular formula is C16H31O3P. The van der Waals surface area contributed by atoms with Crippen molar-refractivity contribution >= 4 is 7.60 Å². The molecule has 3 nitrogen and oxygen atoms in total. The molecule has 0 atom stereocenters. The van der Waals surface area contributed by atoms with Crippen LogP contribution in [0.25, 0.3) is 0 Å². The van der Waals surface area contributed by atoms with Gasteiger partial charge in [-0.2, -0.15) is 0 Å². The van der Waals surface area contributed by atoms with Gasteiger partial charge in [0.2, 0.25) is 0 Å². The van der Waals surface area contributed by atoms with Crippen LogP contribution in [0.2, 0.25) is 0 Å². The van der Waals surface area contributed by atoms with Crippen molar-refractivity contribution in [1.82, 2.24) is 0 Å². The highest BCUT2D eigenvalue weighted by Gasteiger charge is 2.26. The summed E-state index contributed by atoms with van der Waals surface area (Å²) in [7, 11) is -2.83. The maximum absolute atomic E-state index is 12.6.